The van der Waals surface area contributed by atoms with Gasteiger partial charge in [-0.25, -0.2) is 0 Å². The smallest absolute Gasteiger partial charge is 0.0637 e. The van der Waals surface area contributed by atoms with Gasteiger partial charge in [0.15, 0.2) is 0 Å². The summed E-state index contributed by atoms with van der Waals surface area (Å²) in [5.74, 6) is 0. The van der Waals surface area contributed by atoms with Gasteiger partial charge >= 0.3 is 0 Å². The number of halogens is 1. The molecule has 102 valence electrons. The third kappa shape index (κ3) is 5.25. The largest absolute Gasteiger partial charge is 0.383 e. The van der Waals surface area contributed by atoms with Gasteiger partial charge in [-0.2, -0.15) is 0 Å². The highest BCUT2D eigenvalue weighted by Gasteiger charge is 2.08. The van der Waals surface area contributed by atoms with Gasteiger partial charge in [0.25, 0.3) is 0 Å². The summed E-state index contributed by atoms with van der Waals surface area (Å²) in [5.41, 5.74) is 0.995. The van der Waals surface area contributed by atoms with Crippen LogP contribution in [0.4, 0.5) is 5.69 Å². The first kappa shape index (κ1) is 15.3. The van der Waals surface area contributed by atoms with Crippen molar-refractivity contribution in [2.24, 2.45) is 0 Å². The van der Waals surface area contributed by atoms with Crippen LogP contribution in [0.2, 0.25) is 5.02 Å². The summed E-state index contributed by atoms with van der Waals surface area (Å²) in [6, 6.07) is 8.34. The normalized spacial score (nSPS) is 11.2. The van der Waals surface area contributed by atoms with Crippen LogP contribution >= 0.6 is 11.6 Å². The summed E-state index contributed by atoms with van der Waals surface area (Å²) in [4.78, 5) is 2.38. The van der Waals surface area contributed by atoms with Crippen molar-refractivity contribution in [3.8, 4) is 0 Å². The fraction of sp³-hybridized carbons (Fsp3) is 0.571. The van der Waals surface area contributed by atoms with Gasteiger partial charge in [-0.3, -0.25) is 4.90 Å². The number of rotatable bonds is 8. The van der Waals surface area contributed by atoms with Crippen molar-refractivity contribution in [2.75, 3.05) is 38.7 Å². The van der Waals surface area contributed by atoms with E-state index in [0.717, 1.165) is 37.0 Å². The van der Waals surface area contributed by atoms with Gasteiger partial charge in [0.05, 0.1) is 17.3 Å². The van der Waals surface area contributed by atoms with Gasteiger partial charge in [0, 0.05) is 32.8 Å². The Hall–Kier alpha value is -0.770. The summed E-state index contributed by atoms with van der Waals surface area (Å²) >= 11 is 6.09. The summed E-state index contributed by atoms with van der Waals surface area (Å²) in [6.07, 6.45) is 0. The maximum absolute atomic E-state index is 6.09. The Morgan fingerprint density at radius 2 is 2.00 bits per heavy atom. The third-order valence-electron chi connectivity index (χ3n) is 2.90. The lowest BCUT2D eigenvalue weighted by Gasteiger charge is -2.26. The zero-order valence-corrected chi connectivity index (χ0v) is 12.2. The van der Waals surface area contributed by atoms with Crippen LogP contribution in [0.1, 0.15) is 13.8 Å². The van der Waals surface area contributed by atoms with E-state index in [1.807, 2.05) is 24.3 Å². The number of hydrogen-bond acceptors (Lipinski definition) is 3. The molecular weight excluding hydrogens is 248 g/mol. The molecule has 0 aliphatic rings. The Balaban J connectivity index is 2.36. The predicted molar refractivity (Wildman–Crippen MR) is 78.5 cm³/mol. The Morgan fingerprint density at radius 3 is 2.61 bits per heavy atom. The highest BCUT2D eigenvalue weighted by atomic mass is 35.5. The quantitative estimate of drug-likeness (QED) is 0.786. The molecule has 1 aromatic rings. The molecule has 1 rings (SSSR count). The fourth-order valence-corrected chi connectivity index (χ4v) is 1.98. The van der Waals surface area contributed by atoms with Crippen LogP contribution in [0.25, 0.3) is 0 Å². The lowest BCUT2D eigenvalue weighted by Crippen LogP contribution is -2.37. The highest BCUT2D eigenvalue weighted by molar-refractivity contribution is 6.33. The van der Waals surface area contributed by atoms with E-state index in [0.29, 0.717) is 6.04 Å². The molecule has 0 aromatic heterocycles. The molecule has 0 aliphatic heterocycles. The molecule has 18 heavy (non-hydrogen) atoms. The summed E-state index contributed by atoms with van der Waals surface area (Å²) < 4.78 is 5.12. The molecule has 0 saturated heterocycles. The van der Waals surface area contributed by atoms with Crippen molar-refractivity contribution >= 4 is 17.3 Å². The van der Waals surface area contributed by atoms with Crippen LogP contribution in [-0.4, -0.2) is 44.3 Å². The standard InChI is InChI=1S/C14H23ClN2O/c1-12(2)17(10-11-18-3)9-8-16-14-7-5-4-6-13(14)15/h4-7,12,16H,8-11H2,1-3H3. The Morgan fingerprint density at radius 1 is 1.28 bits per heavy atom. The average Bonchev–Trinajstić information content (AvgIpc) is 2.35. The maximum atomic E-state index is 6.09. The predicted octanol–water partition coefficient (Wildman–Crippen LogP) is 3.11. The van der Waals surface area contributed by atoms with Crippen LogP contribution in [0.5, 0.6) is 0 Å². The van der Waals surface area contributed by atoms with Crippen molar-refractivity contribution in [2.45, 2.75) is 19.9 Å². The van der Waals surface area contributed by atoms with Crippen LogP contribution in [0.15, 0.2) is 24.3 Å². The molecule has 0 radical (unpaired) electrons. The Labute approximate surface area is 115 Å². The zero-order chi connectivity index (χ0) is 13.4. The monoisotopic (exact) mass is 270 g/mol. The van der Waals surface area contributed by atoms with Gasteiger partial charge in [0.2, 0.25) is 0 Å². The maximum Gasteiger partial charge on any atom is 0.0637 e. The molecule has 0 aliphatic carbocycles. The first-order chi connectivity index (χ1) is 8.65. The van der Waals surface area contributed by atoms with Gasteiger partial charge in [0.1, 0.15) is 0 Å². The van der Waals surface area contributed by atoms with E-state index in [-0.39, 0.29) is 0 Å². The number of hydrogen-bond donors (Lipinski definition) is 1. The van der Waals surface area contributed by atoms with E-state index in [1.165, 1.54) is 0 Å². The minimum atomic E-state index is 0.521. The highest BCUT2D eigenvalue weighted by Crippen LogP contribution is 2.19. The first-order valence-corrected chi connectivity index (χ1v) is 6.74. The van der Waals surface area contributed by atoms with Crippen LogP contribution < -0.4 is 5.32 Å². The molecule has 1 N–H and O–H groups in total. The molecule has 1 aromatic carbocycles. The third-order valence-corrected chi connectivity index (χ3v) is 3.23. The number of benzene rings is 1. The molecule has 0 spiro atoms. The van der Waals surface area contributed by atoms with Crippen LogP contribution in [0.3, 0.4) is 0 Å². The molecular formula is C14H23ClN2O. The molecule has 3 nitrogen and oxygen atoms in total. The van der Waals surface area contributed by atoms with E-state index < -0.39 is 0 Å². The SMILES string of the molecule is COCCN(CCNc1ccccc1Cl)C(C)C. The minimum Gasteiger partial charge on any atom is -0.383 e. The van der Waals surface area contributed by atoms with Crippen LogP contribution in [0, 0.1) is 0 Å². The summed E-state index contributed by atoms with van der Waals surface area (Å²) in [5, 5.41) is 4.13. The molecule has 0 bridgehead atoms. The van der Waals surface area contributed by atoms with Gasteiger partial charge in [-0.05, 0) is 26.0 Å². The summed E-state index contributed by atoms with van der Waals surface area (Å²) in [7, 11) is 1.74. The molecule has 4 heteroatoms. The molecule has 0 atom stereocenters. The Kier molecular flexibility index (Phi) is 7.09. The van der Waals surface area contributed by atoms with E-state index in [4.69, 9.17) is 16.3 Å². The number of methoxy groups -OCH3 is 1. The molecule has 0 saturated carbocycles. The number of nitrogens with one attached hydrogen (secondary N) is 1. The molecule has 0 heterocycles. The van der Waals surface area contributed by atoms with E-state index in [1.54, 1.807) is 7.11 Å². The van der Waals surface area contributed by atoms with Crippen molar-refractivity contribution in [1.82, 2.24) is 4.90 Å². The topological polar surface area (TPSA) is 24.5 Å². The number of ether oxygens (including phenoxy) is 1. The second-order valence-electron chi connectivity index (χ2n) is 4.53. The van der Waals surface area contributed by atoms with E-state index in [9.17, 15) is 0 Å². The number of anilines is 1. The van der Waals surface area contributed by atoms with Crippen molar-refractivity contribution in [1.29, 1.82) is 0 Å². The lowest BCUT2D eigenvalue weighted by molar-refractivity contribution is 0.132. The minimum absolute atomic E-state index is 0.521. The van der Waals surface area contributed by atoms with Crippen molar-refractivity contribution in [3.05, 3.63) is 29.3 Å². The van der Waals surface area contributed by atoms with Crippen molar-refractivity contribution in [3.63, 3.8) is 0 Å². The fourth-order valence-electron chi connectivity index (χ4n) is 1.78. The second kappa shape index (κ2) is 8.35. The average molecular weight is 271 g/mol. The first-order valence-electron chi connectivity index (χ1n) is 6.36. The van der Waals surface area contributed by atoms with E-state index in [2.05, 4.69) is 24.1 Å². The molecule has 0 amide bonds. The molecule has 0 unspecified atom stereocenters. The molecule has 0 fully saturated rings. The second-order valence-corrected chi connectivity index (χ2v) is 4.94. The van der Waals surface area contributed by atoms with Crippen molar-refractivity contribution < 1.29 is 4.74 Å². The van der Waals surface area contributed by atoms with E-state index >= 15 is 0 Å². The number of nitrogens with zero attached hydrogens (tertiary/aromatic N) is 1. The van der Waals surface area contributed by atoms with Gasteiger partial charge in [-0.15, -0.1) is 0 Å². The Bertz CT molecular complexity index is 344. The summed E-state index contributed by atoms with van der Waals surface area (Å²) in [6.45, 7) is 7.98. The van der Waals surface area contributed by atoms with Crippen LogP contribution in [-0.2, 0) is 4.74 Å². The zero-order valence-electron chi connectivity index (χ0n) is 11.4. The lowest BCUT2D eigenvalue weighted by atomic mass is 10.3. The van der Waals surface area contributed by atoms with Gasteiger partial charge in [-0.1, -0.05) is 23.7 Å². The number of para-hydroxylation sites is 1. The van der Waals surface area contributed by atoms with Gasteiger partial charge < -0.3 is 10.1 Å².